The second-order valence-corrected chi connectivity index (χ2v) is 4.33. The standard InChI is InChI=1S/C13H10ClNO4/c1-2-5-19-13(18)10-11(16)8-4-3-7(14)6-9(8)15-12(10)17/h2-4,6,10H,1,5H2,(H,15,17). The quantitative estimate of drug-likeness (QED) is 0.520. The smallest absolute Gasteiger partial charge is 0.326 e. The SMILES string of the molecule is C=CCOC(=O)C1C(=O)Nc2cc(Cl)ccc2C1=O. The van der Waals surface area contributed by atoms with Gasteiger partial charge >= 0.3 is 5.97 Å². The fraction of sp³-hybridized carbons (Fsp3) is 0.154. The van der Waals surface area contributed by atoms with Crippen molar-refractivity contribution in [3.8, 4) is 0 Å². The van der Waals surface area contributed by atoms with Crippen molar-refractivity contribution >= 4 is 34.9 Å². The highest BCUT2D eigenvalue weighted by molar-refractivity contribution is 6.33. The van der Waals surface area contributed by atoms with Gasteiger partial charge in [0, 0.05) is 10.6 Å². The highest BCUT2D eigenvalue weighted by atomic mass is 35.5. The first-order valence-corrected chi connectivity index (χ1v) is 5.84. The number of ether oxygens (including phenoxy) is 1. The molecule has 0 saturated carbocycles. The van der Waals surface area contributed by atoms with Crippen LogP contribution in [0, 0.1) is 5.92 Å². The molecule has 0 spiro atoms. The number of ketones is 1. The molecule has 5 nitrogen and oxygen atoms in total. The van der Waals surface area contributed by atoms with E-state index in [-0.39, 0.29) is 12.2 Å². The molecule has 1 aromatic carbocycles. The molecule has 1 aromatic rings. The summed E-state index contributed by atoms with van der Waals surface area (Å²) in [6.45, 7) is 3.33. The van der Waals surface area contributed by atoms with Gasteiger partial charge in [-0.25, -0.2) is 0 Å². The summed E-state index contributed by atoms with van der Waals surface area (Å²) in [6.07, 6.45) is 1.36. The normalized spacial score (nSPS) is 17.4. The van der Waals surface area contributed by atoms with Crippen LogP contribution in [0.5, 0.6) is 0 Å². The molecule has 1 aliphatic rings. The molecule has 1 atom stereocenters. The Morgan fingerprint density at radius 2 is 2.21 bits per heavy atom. The third-order valence-electron chi connectivity index (χ3n) is 2.61. The molecular weight excluding hydrogens is 270 g/mol. The number of halogens is 1. The monoisotopic (exact) mass is 279 g/mol. The summed E-state index contributed by atoms with van der Waals surface area (Å²) < 4.78 is 4.75. The molecule has 6 heteroatoms. The third kappa shape index (κ3) is 2.51. The lowest BCUT2D eigenvalue weighted by Crippen LogP contribution is -2.41. The van der Waals surface area contributed by atoms with Crippen molar-refractivity contribution in [3.63, 3.8) is 0 Å². The highest BCUT2D eigenvalue weighted by Gasteiger charge is 2.40. The van der Waals surface area contributed by atoms with Gasteiger partial charge in [0.1, 0.15) is 6.61 Å². The number of amides is 1. The summed E-state index contributed by atoms with van der Waals surface area (Å²) in [4.78, 5) is 35.6. The lowest BCUT2D eigenvalue weighted by Gasteiger charge is -2.22. The summed E-state index contributed by atoms with van der Waals surface area (Å²) in [5.74, 6) is -3.67. The number of hydrogen-bond acceptors (Lipinski definition) is 4. The minimum atomic E-state index is -1.48. The first-order chi connectivity index (χ1) is 9.04. The number of anilines is 1. The van der Waals surface area contributed by atoms with E-state index in [9.17, 15) is 14.4 Å². The van der Waals surface area contributed by atoms with Gasteiger partial charge in [-0.3, -0.25) is 14.4 Å². The summed E-state index contributed by atoms with van der Waals surface area (Å²) in [7, 11) is 0. The first kappa shape index (κ1) is 13.3. The average Bonchev–Trinajstić information content (AvgIpc) is 2.35. The lowest BCUT2D eigenvalue weighted by molar-refractivity contribution is -0.148. The number of nitrogens with one attached hydrogen (secondary N) is 1. The molecule has 1 heterocycles. The van der Waals surface area contributed by atoms with Crippen LogP contribution in [0.4, 0.5) is 5.69 Å². The minimum Gasteiger partial charge on any atom is -0.461 e. The van der Waals surface area contributed by atoms with Gasteiger partial charge in [0.25, 0.3) is 0 Å². The Kier molecular flexibility index (Phi) is 3.66. The lowest BCUT2D eigenvalue weighted by atomic mass is 9.92. The molecule has 1 N–H and O–H groups in total. The molecule has 0 fully saturated rings. The Bertz CT molecular complexity index is 582. The van der Waals surface area contributed by atoms with E-state index in [4.69, 9.17) is 16.3 Å². The first-order valence-electron chi connectivity index (χ1n) is 5.46. The molecule has 2 rings (SSSR count). The summed E-state index contributed by atoms with van der Waals surface area (Å²) in [6, 6.07) is 4.44. The molecule has 1 aliphatic heterocycles. The summed E-state index contributed by atoms with van der Waals surface area (Å²) in [5.41, 5.74) is 0.542. The Hall–Kier alpha value is -2.14. The van der Waals surface area contributed by atoms with E-state index >= 15 is 0 Å². The van der Waals surface area contributed by atoms with Crippen LogP contribution in [0.15, 0.2) is 30.9 Å². The van der Waals surface area contributed by atoms with Crippen molar-refractivity contribution in [2.75, 3.05) is 11.9 Å². The van der Waals surface area contributed by atoms with E-state index in [0.717, 1.165) is 0 Å². The zero-order valence-corrected chi connectivity index (χ0v) is 10.6. The topological polar surface area (TPSA) is 72.5 Å². The van der Waals surface area contributed by atoms with Crippen LogP contribution < -0.4 is 5.32 Å². The Morgan fingerprint density at radius 1 is 1.47 bits per heavy atom. The van der Waals surface area contributed by atoms with E-state index in [1.54, 1.807) is 0 Å². The highest BCUT2D eigenvalue weighted by Crippen LogP contribution is 2.28. The maximum Gasteiger partial charge on any atom is 0.326 e. The number of carbonyl (C=O) groups is 3. The van der Waals surface area contributed by atoms with Gasteiger partial charge in [-0.1, -0.05) is 24.3 Å². The van der Waals surface area contributed by atoms with E-state index in [2.05, 4.69) is 11.9 Å². The van der Waals surface area contributed by atoms with Crippen molar-refractivity contribution in [2.45, 2.75) is 0 Å². The van der Waals surface area contributed by atoms with Crippen molar-refractivity contribution in [3.05, 3.63) is 41.4 Å². The molecule has 0 aliphatic carbocycles. The molecular formula is C13H10ClNO4. The van der Waals surface area contributed by atoms with E-state index in [1.165, 1.54) is 24.3 Å². The zero-order chi connectivity index (χ0) is 14.0. The van der Waals surface area contributed by atoms with Crippen LogP contribution in [-0.2, 0) is 14.3 Å². The maximum absolute atomic E-state index is 12.1. The van der Waals surface area contributed by atoms with E-state index in [1.807, 2.05) is 0 Å². The van der Waals surface area contributed by atoms with Crippen LogP contribution in [0.2, 0.25) is 5.02 Å². The fourth-order valence-corrected chi connectivity index (χ4v) is 1.92. The molecule has 0 aromatic heterocycles. The van der Waals surface area contributed by atoms with Crippen LogP contribution in [0.3, 0.4) is 0 Å². The van der Waals surface area contributed by atoms with Gasteiger partial charge in [0.2, 0.25) is 5.91 Å². The van der Waals surface area contributed by atoms with Gasteiger partial charge in [0.15, 0.2) is 11.7 Å². The largest absolute Gasteiger partial charge is 0.461 e. The van der Waals surface area contributed by atoms with E-state index < -0.39 is 23.6 Å². The second-order valence-electron chi connectivity index (χ2n) is 3.90. The second kappa shape index (κ2) is 5.24. The van der Waals surface area contributed by atoms with Crippen LogP contribution in [0.25, 0.3) is 0 Å². The minimum absolute atomic E-state index is 0.0522. The number of esters is 1. The van der Waals surface area contributed by atoms with Gasteiger partial charge in [-0.05, 0) is 18.2 Å². The number of hydrogen-bond donors (Lipinski definition) is 1. The molecule has 19 heavy (non-hydrogen) atoms. The number of carbonyl (C=O) groups excluding carboxylic acids is 3. The van der Waals surface area contributed by atoms with Crippen molar-refractivity contribution in [1.82, 2.24) is 0 Å². The molecule has 0 bridgehead atoms. The van der Waals surface area contributed by atoms with Gasteiger partial charge in [-0.15, -0.1) is 0 Å². The molecule has 1 unspecified atom stereocenters. The molecule has 0 radical (unpaired) electrons. The number of benzene rings is 1. The van der Waals surface area contributed by atoms with Crippen molar-refractivity contribution in [2.24, 2.45) is 5.92 Å². The number of rotatable bonds is 3. The van der Waals surface area contributed by atoms with Gasteiger partial charge in [-0.2, -0.15) is 0 Å². The summed E-state index contributed by atoms with van der Waals surface area (Å²) in [5, 5.41) is 2.86. The molecule has 0 saturated heterocycles. The van der Waals surface area contributed by atoms with Gasteiger partial charge < -0.3 is 10.1 Å². The van der Waals surface area contributed by atoms with Gasteiger partial charge in [0.05, 0.1) is 5.69 Å². The molecule has 1 amide bonds. The zero-order valence-electron chi connectivity index (χ0n) is 9.81. The van der Waals surface area contributed by atoms with Crippen molar-refractivity contribution < 1.29 is 19.1 Å². The predicted molar refractivity (Wildman–Crippen MR) is 69.1 cm³/mol. The van der Waals surface area contributed by atoms with Crippen LogP contribution >= 0.6 is 11.6 Å². The average molecular weight is 280 g/mol. The Labute approximate surface area is 114 Å². The van der Waals surface area contributed by atoms with Crippen LogP contribution in [-0.4, -0.2) is 24.3 Å². The maximum atomic E-state index is 12.1. The molecule has 98 valence electrons. The van der Waals surface area contributed by atoms with Crippen molar-refractivity contribution in [1.29, 1.82) is 0 Å². The van der Waals surface area contributed by atoms with E-state index in [0.29, 0.717) is 10.7 Å². The van der Waals surface area contributed by atoms with Crippen LogP contribution in [0.1, 0.15) is 10.4 Å². The fourth-order valence-electron chi connectivity index (χ4n) is 1.75. The third-order valence-corrected chi connectivity index (χ3v) is 2.84. The Balaban J connectivity index is 2.32. The number of fused-ring (bicyclic) bond motifs is 1. The Morgan fingerprint density at radius 3 is 2.89 bits per heavy atom. The predicted octanol–water partition coefficient (Wildman–Crippen LogP) is 1.82. The summed E-state index contributed by atoms with van der Waals surface area (Å²) >= 11 is 5.77. The number of Topliss-reactive ketones (excluding diaryl/α,β-unsaturated/α-hetero) is 1.